The van der Waals surface area contributed by atoms with Gasteiger partial charge < -0.3 is 24.6 Å². The molecule has 0 aliphatic rings. The molecule has 2 N–H and O–H groups in total. The number of rotatable bonds is 20. The van der Waals surface area contributed by atoms with Crippen LogP contribution in [0.2, 0.25) is 0 Å². The summed E-state index contributed by atoms with van der Waals surface area (Å²) in [6.45, 7) is 2.22. The molecule has 0 aromatic rings. The zero-order valence-corrected chi connectivity index (χ0v) is 20.5. The molecule has 1 unspecified atom stereocenters. The van der Waals surface area contributed by atoms with Crippen LogP contribution in [0.15, 0.2) is 11.6 Å². The highest BCUT2D eigenvalue weighted by atomic mass is 16.4. The number of allylic oxidation sites excluding steroid dienone is 1. The number of carboxylic acid groups (broad SMARTS) is 2. The third-order valence-electron chi connectivity index (χ3n) is 5.56. The molecular formula is C25H47NO5. The van der Waals surface area contributed by atoms with Crippen molar-refractivity contribution in [3.8, 4) is 0 Å². The molecule has 0 aliphatic heterocycles. The van der Waals surface area contributed by atoms with Gasteiger partial charge in [-0.2, -0.15) is 0 Å². The highest BCUT2D eigenvalue weighted by Crippen LogP contribution is 2.25. The van der Waals surface area contributed by atoms with Crippen molar-refractivity contribution in [3.63, 3.8) is 0 Å². The molecule has 0 amide bonds. The molecule has 0 saturated heterocycles. The number of carbonyl (C=O) groups is 2. The van der Waals surface area contributed by atoms with E-state index in [1.54, 1.807) is 21.1 Å². The quantitative estimate of drug-likeness (QED) is 0.169. The molecule has 6 heteroatoms. The average molecular weight is 442 g/mol. The summed E-state index contributed by atoms with van der Waals surface area (Å²) in [5, 5.41) is 31.6. The molecule has 0 spiro atoms. The first kappa shape index (κ1) is 29.6. The SMILES string of the molecule is CCCCCCCCCCCCCCCC=C(C(=O)O)C(O)(CC(=O)[O-])C[N+](C)(C)C. The topological polar surface area (TPSA) is 97.7 Å². The van der Waals surface area contributed by atoms with Gasteiger partial charge in [-0.25, -0.2) is 4.79 Å². The van der Waals surface area contributed by atoms with Gasteiger partial charge in [0.05, 0.1) is 26.7 Å². The zero-order valence-electron chi connectivity index (χ0n) is 20.5. The third-order valence-corrected chi connectivity index (χ3v) is 5.56. The Morgan fingerprint density at radius 2 is 1.26 bits per heavy atom. The van der Waals surface area contributed by atoms with E-state index in [9.17, 15) is 24.9 Å². The molecule has 0 aliphatic carbocycles. The van der Waals surface area contributed by atoms with Crippen LogP contribution in [0.3, 0.4) is 0 Å². The predicted molar refractivity (Wildman–Crippen MR) is 124 cm³/mol. The second kappa shape index (κ2) is 16.3. The van der Waals surface area contributed by atoms with Crippen molar-refractivity contribution >= 4 is 11.9 Å². The number of hydrogen-bond donors (Lipinski definition) is 2. The number of carboxylic acids is 2. The number of aliphatic hydroxyl groups is 1. The van der Waals surface area contributed by atoms with Gasteiger partial charge in [0.25, 0.3) is 0 Å². The highest BCUT2D eigenvalue weighted by Gasteiger charge is 2.40. The van der Waals surface area contributed by atoms with E-state index >= 15 is 0 Å². The Balaban J connectivity index is 4.27. The second-order valence-electron chi connectivity index (χ2n) is 9.98. The van der Waals surface area contributed by atoms with Crippen LogP contribution in [-0.4, -0.2) is 59.9 Å². The van der Waals surface area contributed by atoms with Gasteiger partial charge in [-0.05, 0) is 12.8 Å². The van der Waals surface area contributed by atoms with Crippen LogP contribution >= 0.6 is 0 Å². The first-order chi connectivity index (χ1) is 14.5. The Morgan fingerprint density at radius 3 is 1.61 bits per heavy atom. The Bertz CT molecular complexity index is 539. The molecule has 0 aromatic carbocycles. The van der Waals surface area contributed by atoms with E-state index in [0.29, 0.717) is 6.42 Å². The summed E-state index contributed by atoms with van der Waals surface area (Å²) in [4.78, 5) is 22.9. The van der Waals surface area contributed by atoms with Gasteiger partial charge in [-0.1, -0.05) is 90.0 Å². The average Bonchev–Trinajstić information content (AvgIpc) is 2.62. The molecule has 0 bridgehead atoms. The van der Waals surface area contributed by atoms with Crippen LogP contribution in [0, 0.1) is 0 Å². The number of carbonyl (C=O) groups excluding carboxylic acids is 1. The summed E-state index contributed by atoms with van der Waals surface area (Å²) in [6.07, 6.45) is 17.4. The van der Waals surface area contributed by atoms with Crippen molar-refractivity contribution in [3.05, 3.63) is 11.6 Å². The molecule has 0 heterocycles. The lowest BCUT2D eigenvalue weighted by Crippen LogP contribution is -2.54. The molecule has 1 atom stereocenters. The van der Waals surface area contributed by atoms with E-state index < -0.39 is 24.0 Å². The van der Waals surface area contributed by atoms with Gasteiger partial charge in [0.1, 0.15) is 6.54 Å². The minimum Gasteiger partial charge on any atom is -0.550 e. The first-order valence-corrected chi connectivity index (χ1v) is 12.2. The lowest BCUT2D eigenvalue weighted by Gasteiger charge is -2.36. The van der Waals surface area contributed by atoms with Gasteiger partial charge in [0, 0.05) is 12.4 Å². The molecular weight excluding hydrogens is 394 g/mol. The van der Waals surface area contributed by atoms with Gasteiger partial charge in [-0.3, -0.25) is 0 Å². The van der Waals surface area contributed by atoms with Crippen LogP contribution in [0.5, 0.6) is 0 Å². The number of hydrogen-bond acceptors (Lipinski definition) is 4. The van der Waals surface area contributed by atoms with Crippen molar-refractivity contribution in [1.82, 2.24) is 0 Å². The van der Waals surface area contributed by atoms with E-state index in [2.05, 4.69) is 6.92 Å². The van der Waals surface area contributed by atoms with E-state index in [0.717, 1.165) is 19.3 Å². The van der Waals surface area contributed by atoms with Gasteiger partial charge >= 0.3 is 5.97 Å². The highest BCUT2D eigenvalue weighted by molar-refractivity contribution is 5.90. The standard InChI is InChI=1S/C25H47NO5/c1-5-6-7-8-9-10-11-12-13-14-15-16-17-18-19-22(24(29)30)25(31,20-23(27)28)21-26(2,3)4/h19,31H,5-18,20-21H2,1-4H3,(H-,27,28,29,30). The fraction of sp³-hybridized carbons (Fsp3) is 0.840. The molecule has 182 valence electrons. The van der Waals surface area contributed by atoms with Crippen LogP contribution in [0.25, 0.3) is 0 Å². The lowest BCUT2D eigenvalue weighted by molar-refractivity contribution is -0.876. The Labute approximate surface area is 189 Å². The summed E-state index contributed by atoms with van der Waals surface area (Å²) in [5.74, 6) is -2.73. The van der Waals surface area contributed by atoms with E-state index in [4.69, 9.17) is 0 Å². The Kier molecular flexibility index (Phi) is 15.5. The van der Waals surface area contributed by atoms with Gasteiger partial charge in [0.2, 0.25) is 0 Å². The summed E-state index contributed by atoms with van der Waals surface area (Å²) < 4.78 is 0.243. The summed E-state index contributed by atoms with van der Waals surface area (Å²) in [6, 6.07) is 0. The fourth-order valence-corrected chi connectivity index (χ4v) is 4.14. The van der Waals surface area contributed by atoms with Gasteiger partial charge in [0.15, 0.2) is 5.60 Å². The van der Waals surface area contributed by atoms with Crippen molar-refractivity contribution in [2.24, 2.45) is 0 Å². The Hall–Kier alpha value is -1.40. The minimum absolute atomic E-state index is 0.0162. The summed E-state index contributed by atoms with van der Waals surface area (Å²) >= 11 is 0. The predicted octanol–water partition coefficient (Wildman–Crippen LogP) is 4.06. The first-order valence-electron chi connectivity index (χ1n) is 12.2. The number of quaternary nitrogens is 1. The largest absolute Gasteiger partial charge is 0.550 e. The molecule has 0 saturated carbocycles. The van der Waals surface area contributed by atoms with Crippen LogP contribution in [0.4, 0.5) is 0 Å². The van der Waals surface area contributed by atoms with E-state index in [-0.39, 0.29) is 16.6 Å². The maximum absolute atomic E-state index is 11.7. The molecule has 6 nitrogen and oxygen atoms in total. The zero-order chi connectivity index (χ0) is 23.8. The van der Waals surface area contributed by atoms with E-state index in [1.807, 2.05) is 0 Å². The lowest BCUT2D eigenvalue weighted by atomic mass is 9.87. The minimum atomic E-state index is -1.94. The molecule has 0 fully saturated rings. The second-order valence-corrected chi connectivity index (χ2v) is 9.98. The van der Waals surface area contributed by atoms with Crippen LogP contribution in [0.1, 0.15) is 103 Å². The maximum Gasteiger partial charge on any atom is 0.334 e. The van der Waals surface area contributed by atoms with Crippen LogP contribution < -0.4 is 5.11 Å². The monoisotopic (exact) mass is 441 g/mol. The molecule has 0 rings (SSSR count). The third kappa shape index (κ3) is 16.0. The van der Waals surface area contributed by atoms with Crippen LogP contribution in [-0.2, 0) is 9.59 Å². The fourth-order valence-electron chi connectivity index (χ4n) is 4.14. The maximum atomic E-state index is 11.7. The Morgan fingerprint density at radius 1 is 0.839 bits per heavy atom. The summed E-state index contributed by atoms with van der Waals surface area (Å²) in [5.41, 5.74) is -2.18. The number of nitrogens with zero attached hydrogens (tertiary/aromatic N) is 1. The molecule has 0 radical (unpaired) electrons. The van der Waals surface area contributed by atoms with Crippen molar-refractivity contribution in [2.75, 3.05) is 27.7 Å². The number of likely N-dealkylation sites (N-methyl/N-ethyl adjacent to an activating group) is 1. The smallest absolute Gasteiger partial charge is 0.334 e. The molecule has 0 aromatic heterocycles. The number of aliphatic carboxylic acids is 2. The van der Waals surface area contributed by atoms with E-state index in [1.165, 1.54) is 70.3 Å². The van der Waals surface area contributed by atoms with Crippen molar-refractivity contribution in [1.29, 1.82) is 0 Å². The van der Waals surface area contributed by atoms with Gasteiger partial charge in [-0.15, -0.1) is 0 Å². The van der Waals surface area contributed by atoms with Crippen molar-refractivity contribution in [2.45, 2.75) is 109 Å². The number of unbranched alkanes of at least 4 members (excludes halogenated alkanes) is 13. The molecule has 31 heavy (non-hydrogen) atoms. The normalized spacial score (nSPS) is 14.4. The van der Waals surface area contributed by atoms with Crippen molar-refractivity contribution < 1.29 is 29.4 Å². The summed E-state index contributed by atoms with van der Waals surface area (Å²) in [7, 11) is 5.35.